The first-order chi connectivity index (χ1) is 15.9. The number of carboxylic acids is 1. The van der Waals surface area contributed by atoms with Crippen LogP contribution in [-0.4, -0.2) is 78.5 Å². The zero-order valence-corrected chi connectivity index (χ0v) is 19.1. The Bertz CT molecular complexity index is 1050. The maximum Gasteiger partial charge on any atom is 0.337 e. The average molecular weight is 471 g/mol. The summed E-state index contributed by atoms with van der Waals surface area (Å²) < 4.78 is 0. The lowest BCUT2D eigenvalue weighted by Gasteiger charge is -2.36. The molecule has 2 aromatic carbocycles. The van der Waals surface area contributed by atoms with Crippen molar-refractivity contribution in [3.05, 3.63) is 58.6 Å². The second-order valence-electron chi connectivity index (χ2n) is 8.32. The quantitative estimate of drug-likeness (QED) is 0.674. The highest BCUT2D eigenvalue weighted by molar-refractivity contribution is 6.34. The molecule has 0 atom stereocenters. The number of nitrogens with one attached hydrogen (secondary N) is 1. The summed E-state index contributed by atoms with van der Waals surface area (Å²) in [4.78, 5) is 43.0. The van der Waals surface area contributed by atoms with E-state index in [9.17, 15) is 19.5 Å². The monoisotopic (exact) mass is 470 g/mol. The van der Waals surface area contributed by atoms with Gasteiger partial charge in [-0.3, -0.25) is 14.5 Å². The Hall–Kier alpha value is -3.10. The summed E-state index contributed by atoms with van der Waals surface area (Å²) in [6.07, 6.45) is 2.17. The van der Waals surface area contributed by atoms with Crippen molar-refractivity contribution in [1.82, 2.24) is 9.80 Å². The van der Waals surface area contributed by atoms with Gasteiger partial charge < -0.3 is 20.2 Å². The van der Waals surface area contributed by atoms with Crippen LogP contribution in [0.25, 0.3) is 0 Å². The second kappa shape index (κ2) is 10.2. The summed E-state index contributed by atoms with van der Waals surface area (Å²) in [7, 11) is 0. The van der Waals surface area contributed by atoms with Gasteiger partial charge in [0.15, 0.2) is 0 Å². The number of amides is 2. The van der Waals surface area contributed by atoms with Gasteiger partial charge in [0.25, 0.3) is 5.91 Å². The summed E-state index contributed by atoms with van der Waals surface area (Å²) in [5, 5.41) is 12.7. The van der Waals surface area contributed by atoms with Crippen molar-refractivity contribution in [2.75, 3.05) is 56.0 Å². The van der Waals surface area contributed by atoms with Gasteiger partial charge in [-0.15, -0.1) is 0 Å². The van der Waals surface area contributed by atoms with Crippen LogP contribution in [0.4, 0.5) is 11.4 Å². The number of benzene rings is 2. The number of carbonyl (C=O) groups is 3. The van der Waals surface area contributed by atoms with E-state index in [1.165, 1.54) is 0 Å². The zero-order valence-electron chi connectivity index (χ0n) is 18.3. The number of carbonyl (C=O) groups excluding carboxylic acids is 2. The Kier molecular flexibility index (Phi) is 7.15. The summed E-state index contributed by atoms with van der Waals surface area (Å²) in [6, 6.07) is 11.6. The fourth-order valence-electron chi connectivity index (χ4n) is 4.27. The summed E-state index contributed by atoms with van der Waals surface area (Å²) >= 11 is 6.08. The smallest absolute Gasteiger partial charge is 0.337 e. The van der Waals surface area contributed by atoms with Crippen molar-refractivity contribution >= 4 is 40.8 Å². The van der Waals surface area contributed by atoms with Crippen molar-refractivity contribution in [1.29, 1.82) is 0 Å². The molecule has 174 valence electrons. The van der Waals surface area contributed by atoms with E-state index in [0.717, 1.165) is 44.7 Å². The molecule has 0 spiro atoms. The fraction of sp³-hybridized carbons (Fsp3) is 0.375. The third-order valence-corrected chi connectivity index (χ3v) is 6.48. The van der Waals surface area contributed by atoms with Crippen LogP contribution in [0.2, 0.25) is 5.02 Å². The molecule has 8 nitrogen and oxygen atoms in total. The van der Waals surface area contributed by atoms with Gasteiger partial charge in [0.05, 0.1) is 28.4 Å². The average Bonchev–Trinajstić information content (AvgIpc) is 3.35. The molecule has 2 heterocycles. The molecular weight excluding hydrogens is 444 g/mol. The Morgan fingerprint density at radius 3 is 2.27 bits per heavy atom. The lowest BCUT2D eigenvalue weighted by Crippen LogP contribution is -2.49. The number of rotatable bonds is 6. The van der Waals surface area contributed by atoms with E-state index >= 15 is 0 Å². The summed E-state index contributed by atoms with van der Waals surface area (Å²) in [5.74, 6) is -1.40. The van der Waals surface area contributed by atoms with Crippen LogP contribution >= 0.6 is 11.6 Å². The molecule has 33 heavy (non-hydrogen) atoms. The number of halogens is 1. The Labute approximate surface area is 197 Å². The molecule has 2 amide bonds. The van der Waals surface area contributed by atoms with Gasteiger partial charge >= 0.3 is 5.97 Å². The number of nitrogens with zero attached hydrogens (tertiary/aromatic N) is 3. The number of carboxylic acid groups (broad SMARTS) is 1. The van der Waals surface area contributed by atoms with Crippen molar-refractivity contribution in [3.63, 3.8) is 0 Å². The summed E-state index contributed by atoms with van der Waals surface area (Å²) in [6.45, 7) is 4.99. The number of aromatic carboxylic acids is 1. The molecule has 0 saturated carbocycles. The number of piperazine rings is 1. The van der Waals surface area contributed by atoms with E-state index in [4.69, 9.17) is 11.6 Å². The molecule has 4 rings (SSSR count). The van der Waals surface area contributed by atoms with Crippen LogP contribution in [0.3, 0.4) is 0 Å². The number of likely N-dealkylation sites (tertiary alicyclic amines) is 1. The molecule has 0 unspecified atom stereocenters. The zero-order chi connectivity index (χ0) is 23.4. The minimum atomic E-state index is -1.12. The first-order valence-corrected chi connectivity index (χ1v) is 11.5. The van der Waals surface area contributed by atoms with E-state index in [1.54, 1.807) is 42.5 Å². The third-order valence-electron chi connectivity index (χ3n) is 6.16. The van der Waals surface area contributed by atoms with Gasteiger partial charge in [-0.05, 0) is 43.2 Å². The van der Waals surface area contributed by atoms with Crippen LogP contribution in [0, 0.1) is 0 Å². The van der Waals surface area contributed by atoms with E-state index in [2.05, 4.69) is 15.1 Å². The van der Waals surface area contributed by atoms with Gasteiger partial charge in [-0.1, -0.05) is 23.7 Å². The van der Waals surface area contributed by atoms with Crippen LogP contribution in [0.1, 0.15) is 33.6 Å². The maximum absolute atomic E-state index is 12.6. The highest BCUT2D eigenvalue weighted by Gasteiger charge is 2.24. The van der Waals surface area contributed by atoms with E-state index in [1.807, 2.05) is 4.90 Å². The predicted octanol–water partition coefficient (Wildman–Crippen LogP) is 3.03. The van der Waals surface area contributed by atoms with Crippen molar-refractivity contribution < 1.29 is 19.5 Å². The molecule has 2 saturated heterocycles. The topological polar surface area (TPSA) is 93.2 Å². The normalized spacial score (nSPS) is 16.6. The standard InChI is InChI=1S/C24H27ClN4O4/c25-20-6-2-1-5-18(20)23(31)26-21-8-7-17(15-19(21)24(32)33)28-13-11-27(12-14-28)16-22(30)29-9-3-4-10-29/h1-2,5-8,15H,3-4,9-14,16H2,(H,26,31)(H,32,33). The molecule has 0 radical (unpaired) electrons. The summed E-state index contributed by atoms with van der Waals surface area (Å²) in [5.41, 5.74) is 1.28. The number of anilines is 2. The van der Waals surface area contributed by atoms with Crippen LogP contribution < -0.4 is 10.2 Å². The molecule has 2 aliphatic rings. The van der Waals surface area contributed by atoms with Crippen LogP contribution in [0.5, 0.6) is 0 Å². The minimum absolute atomic E-state index is 0.0135. The van der Waals surface area contributed by atoms with Crippen molar-refractivity contribution in [3.8, 4) is 0 Å². The van der Waals surface area contributed by atoms with Crippen molar-refractivity contribution in [2.45, 2.75) is 12.8 Å². The highest BCUT2D eigenvalue weighted by Crippen LogP contribution is 2.26. The molecule has 2 aliphatic heterocycles. The van der Waals surface area contributed by atoms with Crippen molar-refractivity contribution in [2.24, 2.45) is 0 Å². The molecule has 2 fully saturated rings. The Balaban J connectivity index is 1.40. The maximum atomic E-state index is 12.6. The molecule has 0 aliphatic carbocycles. The predicted molar refractivity (Wildman–Crippen MR) is 127 cm³/mol. The molecule has 2 aromatic rings. The van der Waals surface area contributed by atoms with Gasteiger partial charge in [-0.25, -0.2) is 4.79 Å². The molecule has 0 aromatic heterocycles. The lowest BCUT2D eigenvalue weighted by atomic mass is 10.1. The lowest BCUT2D eigenvalue weighted by molar-refractivity contribution is -0.131. The molecular formula is C24H27ClN4O4. The number of hydrogen-bond donors (Lipinski definition) is 2. The first kappa shape index (κ1) is 23.1. The Morgan fingerprint density at radius 1 is 0.909 bits per heavy atom. The SMILES string of the molecule is O=C(Nc1ccc(N2CCN(CC(=O)N3CCCC3)CC2)cc1C(=O)O)c1ccccc1Cl. The second-order valence-corrected chi connectivity index (χ2v) is 8.73. The van der Waals surface area contributed by atoms with Gasteiger partial charge in [-0.2, -0.15) is 0 Å². The fourth-order valence-corrected chi connectivity index (χ4v) is 4.49. The van der Waals surface area contributed by atoms with Gasteiger partial charge in [0.1, 0.15) is 0 Å². The van der Waals surface area contributed by atoms with E-state index in [-0.39, 0.29) is 22.7 Å². The third kappa shape index (κ3) is 5.46. The molecule has 9 heteroatoms. The van der Waals surface area contributed by atoms with Gasteiger partial charge in [0.2, 0.25) is 5.91 Å². The van der Waals surface area contributed by atoms with E-state index in [0.29, 0.717) is 24.7 Å². The molecule has 2 N–H and O–H groups in total. The van der Waals surface area contributed by atoms with Gasteiger partial charge in [0, 0.05) is 45.0 Å². The highest BCUT2D eigenvalue weighted by atomic mass is 35.5. The number of hydrogen-bond acceptors (Lipinski definition) is 5. The largest absolute Gasteiger partial charge is 0.478 e. The Morgan fingerprint density at radius 2 is 1.61 bits per heavy atom. The van der Waals surface area contributed by atoms with Crippen LogP contribution in [-0.2, 0) is 4.79 Å². The van der Waals surface area contributed by atoms with Crippen LogP contribution in [0.15, 0.2) is 42.5 Å². The first-order valence-electron chi connectivity index (χ1n) is 11.1. The van der Waals surface area contributed by atoms with E-state index < -0.39 is 11.9 Å². The molecule has 0 bridgehead atoms. The minimum Gasteiger partial charge on any atom is -0.478 e.